The van der Waals surface area contributed by atoms with Crippen LogP contribution in [0.2, 0.25) is 0 Å². The summed E-state index contributed by atoms with van der Waals surface area (Å²) in [6.45, 7) is 3.39. The van der Waals surface area contributed by atoms with Crippen molar-refractivity contribution in [3.8, 4) is 0 Å². The van der Waals surface area contributed by atoms with Crippen LogP contribution in [0.4, 0.5) is 5.69 Å². The van der Waals surface area contributed by atoms with Crippen LogP contribution < -0.4 is 4.90 Å². The second-order valence-corrected chi connectivity index (χ2v) is 6.29. The quantitative estimate of drug-likeness (QED) is 0.862. The van der Waals surface area contributed by atoms with Gasteiger partial charge in [-0.2, -0.15) is 5.10 Å². The topological polar surface area (TPSA) is 54.5 Å². The van der Waals surface area contributed by atoms with Gasteiger partial charge in [0.25, 0.3) is 0 Å². The number of aromatic nitrogens is 2. The van der Waals surface area contributed by atoms with Crippen LogP contribution in [0.5, 0.6) is 0 Å². The number of carbonyl (C=O) groups is 1. The zero-order valence-electron chi connectivity index (χ0n) is 12.7. The van der Waals surface area contributed by atoms with Gasteiger partial charge in [-0.25, -0.2) is 0 Å². The Morgan fingerprint density at radius 1 is 1.41 bits per heavy atom. The van der Waals surface area contributed by atoms with E-state index in [9.17, 15) is 4.79 Å². The Morgan fingerprint density at radius 2 is 2.32 bits per heavy atom. The highest BCUT2D eigenvalue weighted by molar-refractivity contribution is 5.96. The van der Waals surface area contributed by atoms with Crippen LogP contribution in [0.3, 0.4) is 0 Å². The maximum absolute atomic E-state index is 12.8. The average Bonchev–Trinajstić information content (AvgIpc) is 3.21. The fourth-order valence-corrected chi connectivity index (χ4v) is 3.69. The summed E-state index contributed by atoms with van der Waals surface area (Å²) in [7, 11) is 1.88. The van der Waals surface area contributed by atoms with Gasteiger partial charge in [-0.1, -0.05) is 0 Å². The number of furan rings is 1. The van der Waals surface area contributed by atoms with E-state index in [1.54, 1.807) is 17.1 Å². The Hall–Kier alpha value is -2.08. The summed E-state index contributed by atoms with van der Waals surface area (Å²) in [6, 6.07) is 3.90. The molecule has 2 fully saturated rings. The van der Waals surface area contributed by atoms with Crippen molar-refractivity contribution < 1.29 is 9.21 Å². The Morgan fingerprint density at radius 3 is 3.05 bits per heavy atom. The molecule has 4 heterocycles. The van der Waals surface area contributed by atoms with E-state index in [0.29, 0.717) is 5.92 Å². The maximum Gasteiger partial charge on any atom is 0.231 e. The zero-order valence-corrected chi connectivity index (χ0v) is 12.7. The highest BCUT2D eigenvalue weighted by Crippen LogP contribution is 2.34. The summed E-state index contributed by atoms with van der Waals surface area (Å²) in [6.07, 6.45) is 6.44. The third-order valence-corrected chi connectivity index (χ3v) is 4.79. The molecular formula is C16H20N4O2. The molecule has 2 aliphatic heterocycles. The lowest BCUT2D eigenvalue weighted by molar-refractivity contribution is -0.124. The first-order chi connectivity index (χ1) is 10.7. The van der Waals surface area contributed by atoms with Crippen molar-refractivity contribution >= 4 is 11.6 Å². The number of aryl methyl sites for hydroxylation is 1. The second kappa shape index (κ2) is 5.28. The molecule has 116 valence electrons. The van der Waals surface area contributed by atoms with Gasteiger partial charge >= 0.3 is 0 Å². The van der Waals surface area contributed by atoms with Gasteiger partial charge in [-0.15, -0.1) is 0 Å². The number of likely N-dealkylation sites (tertiary alicyclic amines) is 1. The van der Waals surface area contributed by atoms with Crippen LogP contribution in [-0.4, -0.2) is 40.2 Å². The Kier molecular flexibility index (Phi) is 3.26. The van der Waals surface area contributed by atoms with Crippen molar-refractivity contribution in [2.45, 2.75) is 13.0 Å². The van der Waals surface area contributed by atoms with E-state index in [4.69, 9.17) is 4.42 Å². The van der Waals surface area contributed by atoms with Gasteiger partial charge in [-0.3, -0.25) is 14.4 Å². The molecule has 2 aliphatic rings. The molecule has 4 rings (SSSR count). The van der Waals surface area contributed by atoms with E-state index in [1.807, 2.05) is 30.3 Å². The predicted octanol–water partition coefficient (Wildman–Crippen LogP) is 1.50. The number of amides is 1. The molecule has 0 bridgehead atoms. The molecule has 0 aliphatic carbocycles. The first-order valence-electron chi connectivity index (χ1n) is 7.75. The molecule has 22 heavy (non-hydrogen) atoms. The zero-order chi connectivity index (χ0) is 15.1. The van der Waals surface area contributed by atoms with Gasteiger partial charge < -0.3 is 9.32 Å². The summed E-state index contributed by atoms with van der Waals surface area (Å²) in [5.74, 6) is 1.78. The Bertz CT molecular complexity index is 664. The van der Waals surface area contributed by atoms with Gasteiger partial charge in [0.05, 0.1) is 30.6 Å². The minimum atomic E-state index is 0.101. The van der Waals surface area contributed by atoms with Gasteiger partial charge in [0.15, 0.2) is 0 Å². The Balaban J connectivity index is 1.47. The minimum Gasteiger partial charge on any atom is -0.468 e. The SMILES string of the molecule is Cn1cc(N2CCC3CN(Cc4ccco4)CC3C2=O)cn1. The van der Waals surface area contributed by atoms with E-state index >= 15 is 0 Å². The van der Waals surface area contributed by atoms with Gasteiger partial charge in [0, 0.05) is 32.9 Å². The fraction of sp³-hybridized carbons (Fsp3) is 0.500. The summed E-state index contributed by atoms with van der Waals surface area (Å²) < 4.78 is 7.16. The lowest BCUT2D eigenvalue weighted by Crippen LogP contribution is -2.45. The molecule has 6 nitrogen and oxygen atoms in total. The molecule has 1 amide bonds. The van der Waals surface area contributed by atoms with E-state index in [1.165, 1.54) is 0 Å². The summed E-state index contributed by atoms with van der Waals surface area (Å²) >= 11 is 0. The van der Waals surface area contributed by atoms with Crippen LogP contribution in [0.1, 0.15) is 12.2 Å². The second-order valence-electron chi connectivity index (χ2n) is 6.29. The maximum atomic E-state index is 12.8. The van der Waals surface area contributed by atoms with Crippen LogP contribution in [0, 0.1) is 11.8 Å². The third kappa shape index (κ3) is 2.33. The average molecular weight is 300 g/mol. The number of carbonyl (C=O) groups excluding carboxylic acids is 1. The smallest absolute Gasteiger partial charge is 0.231 e. The standard InChI is InChI=1S/C16H20N4O2/c1-18-9-13(7-17-18)20-5-4-12-8-19(11-15(12)16(20)21)10-14-3-2-6-22-14/h2-3,6-7,9,12,15H,4-5,8,10-11H2,1H3. The van der Waals surface area contributed by atoms with Gasteiger partial charge in [-0.05, 0) is 24.5 Å². The summed E-state index contributed by atoms with van der Waals surface area (Å²) in [5.41, 5.74) is 0.912. The molecule has 2 aromatic heterocycles. The molecule has 0 aromatic carbocycles. The number of fused-ring (bicyclic) bond motifs is 1. The lowest BCUT2D eigenvalue weighted by atomic mass is 9.88. The van der Waals surface area contributed by atoms with E-state index < -0.39 is 0 Å². The molecule has 0 saturated carbocycles. The predicted molar refractivity (Wildman–Crippen MR) is 81.1 cm³/mol. The molecule has 2 unspecified atom stereocenters. The van der Waals surface area contributed by atoms with Crippen molar-refractivity contribution in [3.05, 3.63) is 36.5 Å². The highest BCUT2D eigenvalue weighted by Gasteiger charge is 2.43. The molecular weight excluding hydrogens is 280 g/mol. The van der Waals surface area contributed by atoms with Crippen LogP contribution in [-0.2, 0) is 18.4 Å². The van der Waals surface area contributed by atoms with Crippen LogP contribution in [0.25, 0.3) is 0 Å². The van der Waals surface area contributed by atoms with Crippen molar-refractivity contribution in [1.29, 1.82) is 0 Å². The van der Waals surface area contributed by atoms with Crippen molar-refractivity contribution in [2.24, 2.45) is 18.9 Å². The van der Waals surface area contributed by atoms with E-state index in [2.05, 4.69) is 10.00 Å². The van der Waals surface area contributed by atoms with Crippen LogP contribution >= 0.6 is 0 Å². The number of rotatable bonds is 3. The summed E-state index contributed by atoms with van der Waals surface area (Å²) in [5, 5.41) is 4.18. The lowest BCUT2D eigenvalue weighted by Gasteiger charge is -2.32. The Labute approximate surface area is 129 Å². The number of hydrogen-bond acceptors (Lipinski definition) is 4. The number of piperidine rings is 1. The van der Waals surface area contributed by atoms with Gasteiger partial charge in [0.2, 0.25) is 5.91 Å². The van der Waals surface area contributed by atoms with Crippen molar-refractivity contribution in [3.63, 3.8) is 0 Å². The van der Waals surface area contributed by atoms with Gasteiger partial charge in [0.1, 0.15) is 5.76 Å². The van der Waals surface area contributed by atoms with Crippen molar-refractivity contribution in [1.82, 2.24) is 14.7 Å². The molecule has 0 N–H and O–H groups in total. The molecule has 2 aromatic rings. The fourth-order valence-electron chi connectivity index (χ4n) is 3.69. The highest BCUT2D eigenvalue weighted by atomic mass is 16.3. The number of hydrogen-bond donors (Lipinski definition) is 0. The first kappa shape index (κ1) is 13.6. The van der Waals surface area contributed by atoms with E-state index in [0.717, 1.165) is 44.0 Å². The molecule has 2 saturated heterocycles. The van der Waals surface area contributed by atoms with E-state index in [-0.39, 0.29) is 11.8 Å². The largest absolute Gasteiger partial charge is 0.468 e. The monoisotopic (exact) mass is 300 g/mol. The number of nitrogens with zero attached hydrogens (tertiary/aromatic N) is 4. The van der Waals surface area contributed by atoms with Crippen LogP contribution in [0.15, 0.2) is 35.2 Å². The number of anilines is 1. The molecule has 0 radical (unpaired) electrons. The molecule has 2 atom stereocenters. The van der Waals surface area contributed by atoms with Crippen molar-refractivity contribution in [2.75, 3.05) is 24.5 Å². The normalized spacial score (nSPS) is 25.7. The minimum absolute atomic E-state index is 0.101. The molecule has 6 heteroatoms. The third-order valence-electron chi connectivity index (χ3n) is 4.79. The first-order valence-corrected chi connectivity index (χ1v) is 7.75. The molecule has 0 spiro atoms. The summed E-state index contributed by atoms with van der Waals surface area (Å²) in [4.78, 5) is 17.0.